The first kappa shape index (κ1) is 14.3. The summed E-state index contributed by atoms with van der Waals surface area (Å²) in [6, 6.07) is 1.71. The fraction of sp³-hybridized carbons (Fsp3) is 0.571. The monoisotopic (exact) mass is 281 g/mol. The number of carbonyl (C=O) groups excluding carboxylic acids is 1. The largest absolute Gasteiger partial charge is 0.352 e. The van der Waals surface area contributed by atoms with Crippen LogP contribution in [0.25, 0.3) is 0 Å². The second kappa shape index (κ2) is 6.35. The van der Waals surface area contributed by atoms with Crippen molar-refractivity contribution in [2.24, 2.45) is 5.92 Å². The SMILES string of the molecule is Cc1cc(Cl)c(C(=O)NCC2CCCN(C)C2)cn1. The van der Waals surface area contributed by atoms with Crippen LogP contribution < -0.4 is 5.32 Å². The number of carbonyl (C=O) groups is 1. The van der Waals surface area contributed by atoms with Crippen molar-refractivity contribution in [1.29, 1.82) is 0 Å². The highest BCUT2D eigenvalue weighted by Gasteiger charge is 2.18. The summed E-state index contributed by atoms with van der Waals surface area (Å²) < 4.78 is 0. The first-order chi connectivity index (χ1) is 9.06. The molecule has 1 saturated heterocycles. The number of rotatable bonds is 3. The van der Waals surface area contributed by atoms with Crippen molar-refractivity contribution in [3.63, 3.8) is 0 Å². The van der Waals surface area contributed by atoms with Gasteiger partial charge in [-0.25, -0.2) is 0 Å². The van der Waals surface area contributed by atoms with E-state index in [1.54, 1.807) is 12.3 Å². The third-order valence-electron chi connectivity index (χ3n) is 3.51. The van der Waals surface area contributed by atoms with Crippen molar-refractivity contribution in [1.82, 2.24) is 15.2 Å². The second-order valence-electron chi connectivity index (χ2n) is 5.29. The molecule has 104 valence electrons. The van der Waals surface area contributed by atoms with E-state index < -0.39 is 0 Å². The van der Waals surface area contributed by atoms with Gasteiger partial charge < -0.3 is 10.2 Å². The topological polar surface area (TPSA) is 45.2 Å². The average Bonchev–Trinajstić information content (AvgIpc) is 2.36. The number of nitrogens with zero attached hydrogens (tertiary/aromatic N) is 2. The van der Waals surface area contributed by atoms with E-state index in [-0.39, 0.29) is 5.91 Å². The van der Waals surface area contributed by atoms with Gasteiger partial charge in [-0.1, -0.05) is 11.6 Å². The van der Waals surface area contributed by atoms with E-state index in [1.165, 1.54) is 12.8 Å². The van der Waals surface area contributed by atoms with Crippen LogP contribution in [0.5, 0.6) is 0 Å². The zero-order valence-corrected chi connectivity index (χ0v) is 12.2. The molecule has 19 heavy (non-hydrogen) atoms. The highest BCUT2D eigenvalue weighted by molar-refractivity contribution is 6.33. The molecule has 1 unspecified atom stereocenters. The van der Waals surface area contributed by atoms with Crippen LogP contribution in [0.4, 0.5) is 0 Å². The molecular weight excluding hydrogens is 262 g/mol. The highest BCUT2D eigenvalue weighted by atomic mass is 35.5. The Bertz CT molecular complexity index is 464. The third kappa shape index (κ3) is 3.91. The first-order valence-electron chi connectivity index (χ1n) is 6.65. The normalized spacial score (nSPS) is 20.3. The van der Waals surface area contributed by atoms with Gasteiger partial charge in [0.15, 0.2) is 0 Å². The fourth-order valence-corrected chi connectivity index (χ4v) is 2.76. The molecule has 1 aromatic heterocycles. The molecule has 5 heteroatoms. The molecule has 0 aromatic carbocycles. The number of piperidine rings is 1. The Morgan fingerprint density at radius 1 is 1.63 bits per heavy atom. The summed E-state index contributed by atoms with van der Waals surface area (Å²) in [6.07, 6.45) is 3.91. The quantitative estimate of drug-likeness (QED) is 0.923. The lowest BCUT2D eigenvalue weighted by Gasteiger charge is -2.29. The van der Waals surface area contributed by atoms with Crippen LogP contribution in [0.15, 0.2) is 12.3 Å². The highest BCUT2D eigenvalue weighted by Crippen LogP contribution is 2.17. The minimum Gasteiger partial charge on any atom is -0.352 e. The Morgan fingerprint density at radius 2 is 2.42 bits per heavy atom. The van der Waals surface area contributed by atoms with Crippen LogP contribution in [-0.2, 0) is 0 Å². The molecular formula is C14H20ClN3O. The van der Waals surface area contributed by atoms with E-state index in [4.69, 9.17) is 11.6 Å². The molecule has 1 aromatic rings. The van der Waals surface area contributed by atoms with Crippen molar-refractivity contribution in [3.05, 3.63) is 28.5 Å². The zero-order chi connectivity index (χ0) is 13.8. The maximum absolute atomic E-state index is 12.1. The lowest BCUT2D eigenvalue weighted by molar-refractivity contribution is 0.0936. The molecule has 1 fully saturated rings. The predicted octanol–water partition coefficient (Wildman–Crippen LogP) is 2.12. The maximum atomic E-state index is 12.1. The van der Waals surface area contributed by atoms with Crippen LogP contribution >= 0.6 is 11.6 Å². The molecule has 0 radical (unpaired) electrons. The maximum Gasteiger partial charge on any atom is 0.254 e. The molecule has 1 atom stereocenters. The number of aryl methyl sites for hydroxylation is 1. The summed E-state index contributed by atoms with van der Waals surface area (Å²) in [7, 11) is 2.12. The van der Waals surface area contributed by atoms with Crippen LogP contribution in [0, 0.1) is 12.8 Å². The molecule has 1 aliphatic rings. The predicted molar refractivity (Wildman–Crippen MR) is 76.5 cm³/mol. The van der Waals surface area contributed by atoms with Crippen molar-refractivity contribution < 1.29 is 4.79 Å². The van der Waals surface area contributed by atoms with E-state index in [0.29, 0.717) is 23.0 Å². The summed E-state index contributed by atoms with van der Waals surface area (Å²) in [5.41, 5.74) is 1.27. The lowest BCUT2D eigenvalue weighted by Crippen LogP contribution is -2.39. The molecule has 2 heterocycles. The van der Waals surface area contributed by atoms with Gasteiger partial charge in [-0.2, -0.15) is 0 Å². The fourth-order valence-electron chi connectivity index (χ4n) is 2.47. The number of nitrogens with one attached hydrogen (secondary N) is 1. The van der Waals surface area contributed by atoms with Crippen LogP contribution in [0.3, 0.4) is 0 Å². The van der Waals surface area contributed by atoms with E-state index in [2.05, 4.69) is 22.2 Å². The van der Waals surface area contributed by atoms with Crippen LogP contribution in [0.1, 0.15) is 28.9 Å². The molecule has 1 N–H and O–H groups in total. The third-order valence-corrected chi connectivity index (χ3v) is 3.82. The summed E-state index contributed by atoms with van der Waals surface area (Å²) in [4.78, 5) is 18.5. The van der Waals surface area contributed by atoms with Gasteiger partial charge in [-0.3, -0.25) is 9.78 Å². The Balaban J connectivity index is 1.90. The van der Waals surface area contributed by atoms with Crippen molar-refractivity contribution in [2.45, 2.75) is 19.8 Å². The number of likely N-dealkylation sites (tertiary alicyclic amines) is 1. The Hall–Kier alpha value is -1.13. The van der Waals surface area contributed by atoms with E-state index in [9.17, 15) is 4.79 Å². The standard InChI is InChI=1S/C14H20ClN3O/c1-10-6-13(15)12(8-16-10)14(19)17-7-11-4-3-5-18(2)9-11/h6,8,11H,3-5,7,9H2,1-2H3,(H,17,19). The number of amides is 1. The Kier molecular flexibility index (Phi) is 4.77. The summed E-state index contributed by atoms with van der Waals surface area (Å²) in [5, 5.41) is 3.42. The molecule has 1 aliphatic heterocycles. The van der Waals surface area contributed by atoms with Gasteiger partial charge in [0, 0.05) is 25.0 Å². The van der Waals surface area contributed by atoms with Crippen LogP contribution in [-0.4, -0.2) is 42.5 Å². The van der Waals surface area contributed by atoms with Gasteiger partial charge >= 0.3 is 0 Å². The van der Waals surface area contributed by atoms with Gasteiger partial charge in [0.05, 0.1) is 10.6 Å². The Morgan fingerprint density at radius 3 is 3.11 bits per heavy atom. The minimum atomic E-state index is -0.134. The molecule has 1 amide bonds. The molecule has 0 saturated carbocycles. The summed E-state index contributed by atoms with van der Waals surface area (Å²) >= 11 is 6.06. The second-order valence-corrected chi connectivity index (χ2v) is 5.69. The zero-order valence-electron chi connectivity index (χ0n) is 11.4. The number of pyridine rings is 1. The minimum absolute atomic E-state index is 0.134. The number of aromatic nitrogens is 1. The van der Waals surface area contributed by atoms with Crippen molar-refractivity contribution in [3.8, 4) is 0 Å². The number of hydrogen-bond acceptors (Lipinski definition) is 3. The Labute approximate surface area is 119 Å². The molecule has 0 spiro atoms. The molecule has 4 nitrogen and oxygen atoms in total. The van der Waals surface area contributed by atoms with E-state index >= 15 is 0 Å². The smallest absolute Gasteiger partial charge is 0.254 e. The van der Waals surface area contributed by atoms with Gasteiger partial charge in [0.1, 0.15) is 0 Å². The van der Waals surface area contributed by atoms with Gasteiger partial charge in [-0.05, 0) is 45.3 Å². The van der Waals surface area contributed by atoms with Gasteiger partial charge in [0.25, 0.3) is 5.91 Å². The van der Waals surface area contributed by atoms with Crippen molar-refractivity contribution in [2.75, 3.05) is 26.7 Å². The number of hydrogen-bond donors (Lipinski definition) is 1. The van der Waals surface area contributed by atoms with E-state index in [0.717, 1.165) is 18.8 Å². The molecule has 2 rings (SSSR count). The average molecular weight is 282 g/mol. The van der Waals surface area contributed by atoms with Gasteiger partial charge in [-0.15, -0.1) is 0 Å². The summed E-state index contributed by atoms with van der Waals surface area (Å²) in [6.45, 7) is 4.75. The first-order valence-corrected chi connectivity index (χ1v) is 7.03. The number of halogens is 1. The van der Waals surface area contributed by atoms with Gasteiger partial charge in [0.2, 0.25) is 0 Å². The lowest BCUT2D eigenvalue weighted by atomic mass is 9.98. The molecule has 0 bridgehead atoms. The van der Waals surface area contributed by atoms with Crippen LogP contribution in [0.2, 0.25) is 5.02 Å². The summed E-state index contributed by atoms with van der Waals surface area (Å²) in [5.74, 6) is 0.394. The van der Waals surface area contributed by atoms with E-state index in [1.807, 2.05) is 6.92 Å². The molecule has 0 aliphatic carbocycles. The van der Waals surface area contributed by atoms with Crippen molar-refractivity contribution >= 4 is 17.5 Å².